The summed E-state index contributed by atoms with van der Waals surface area (Å²) in [6.45, 7) is 0. The highest BCUT2D eigenvalue weighted by Gasteiger charge is 2.47. The fraction of sp³-hybridized carbons (Fsp3) is 0.565. The molecule has 0 aromatic heterocycles. The Morgan fingerprint density at radius 2 is 1.03 bits per heavy atom. The molecule has 0 aromatic rings. The van der Waals surface area contributed by atoms with Gasteiger partial charge in [0, 0.05) is 25.7 Å². The second kappa shape index (κ2) is 8.69. The second-order valence-corrected chi connectivity index (χ2v) is 8.36. The molecule has 0 atom stereocenters. The summed E-state index contributed by atoms with van der Waals surface area (Å²) in [5.41, 5.74) is -0.333. The van der Waals surface area contributed by atoms with Gasteiger partial charge in [-0.1, -0.05) is 31.1 Å². The Morgan fingerprint density at radius 3 is 1.48 bits per heavy atom. The number of hydrogen-bond donors (Lipinski definition) is 0. The first-order valence-corrected chi connectivity index (χ1v) is 10.9. The molecule has 4 rings (SSSR count). The van der Waals surface area contributed by atoms with E-state index in [4.69, 9.17) is 18.9 Å². The predicted molar refractivity (Wildman–Crippen MR) is 106 cm³/mol. The topological polar surface area (TPSA) is 105 Å². The van der Waals surface area contributed by atoms with E-state index >= 15 is 0 Å². The van der Waals surface area contributed by atoms with Crippen LogP contribution in [-0.2, 0) is 38.1 Å². The summed E-state index contributed by atoms with van der Waals surface area (Å²) < 4.78 is 21.7. The van der Waals surface area contributed by atoms with Gasteiger partial charge in [0.05, 0.1) is 0 Å². The van der Waals surface area contributed by atoms with Gasteiger partial charge in [-0.3, -0.25) is 0 Å². The van der Waals surface area contributed by atoms with Crippen LogP contribution in [0.2, 0.25) is 0 Å². The van der Waals surface area contributed by atoms with Crippen LogP contribution in [0.25, 0.3) is 0 Å². The highest BCUT2D eigenvalue weighted by atomic mass is 16.8. The first kappa shape index (κ1) is 21.3. The molecule has 2 spiro atoms. The Morgan fingerprint density at radius 1 is 0.613 bits per heavy atom. The number of allylic oxidation sites excluding steroid dienone is 4. The molecular weight excluding hydrogens is 404 g/mol. The lowest BCUT2D eigenvalue weighted by atomic mass is 9.93. The van der Waals surface area contributed by atoms with E-state index in [1.54, 1.807) is 6.08 Å². The first-order valence-electron chi connectivity index (χ1n) is 10.9. The maximum absolute atomic E-state index is 12.3. The summed E-state index contributed by atoms with van der Waals surface area (Å²) in [7, 11) is 0. The van der Waals surface area contributed by atoms with Crippen molar-refractivity contribution in [1.82, 2.24) is 0 Å². The molecule has 4 fully saturated rings. The summed E-state index contributed by atoms with van der Waals surface area (Å²) in [6, 6.07) is 0. The predicted octanol–water partition coefficient (Wildman–Crippen LogP) is 3.31. The van der Waals surface area contributed by atoms with Crippen LogP contribution in [0.1, 0.15) is 70.6 Å². The molecule has 2 saturated carbocycles. The van der Waals surface area contributed by atoms with Crippen molar-refractivity contribution in [2.24, 2.45) is 0 Å². The number of carbonyl (C=O) groups is 4. The quantitative estimate of drug-likeness (QED) is 0.381. The van der Waals surface area contributed by atoms with E-state index in [1.165, 1.54) is 18.2 Å². The Bertz CT molecular complexity index is 822. The van der Waals surface area contributed by atoms with Gasteiger partial charge in [-0.05, 0) is 38.2 Å². The molecule has 0 bridgehead atoms. The second-order valence-electron chi connectivity index (χ2n) is 8.36. The van der Waals surface area contributed by atoms with Crippen LogP contribution in [0.3, 0.4) is 0 Å². The van der Waals surface area contributed by atoms with Crippen molar-refractivity contribution < 1.29 is 38.1 Å². The summed E-state index contributed by atoms with van der Waals surface area (Å²) in [6.07, 6.45) is 13.6. The molecule has 2 aliphatic carbocycles. The standard InChI is InChI=1S/C23H26O8/c24-18-16(19(25)29-22(28-18)12-6-2-7-13-22)10-4-1-5-11-17-20(26)30-23(31-21(17)27)14-8-3-9-15-23/h1,4,10-11H,2-3,5-9,12-15H2/b4-1+. The van der Waals surface area contributed by atoms with Crippen LogP contribution in [0.4, 0.5) is 0 Å². The lowest BCUT2D eigenvalue weighted by Gasteiger charge is -2.38. The Hall–Kier alpha value is -2.90. The molecular formula is C23H26O8. The minimum Gasteiger partial charge on any atom is -0.419 e. The molecule has 0 aromatic carbocycles. The van der Waals surface area contributed by atoms with E-state index < -0.39 is 35.5 Å². The number of hydrogen-bond acceptors (Lipinski definition) is 8. The first-order chi connectivity index (χ1) is 14.9. The van der Waals surface area contributed by atoms with Crippen molar-refractivity contribution >= 4 is 23.9 Å². The van der Waals surface area contributed by atoms with Crippen molar-refractivity contribution in [2.45, 2.75) is 82.2 Å². The van der Waals surface area contributed by atoms with Gasteiger partial charge in [0.15, 0.2) is 0 Å². The van der Waals surface area contributed by atoms with Crippen molar-refractivity contribution in [2.75, 3.05) is 0 Å². The zero-order valence-corrected chi connectivity index (χ0v) is 17.4. The van der Waals surface area contributed by atoms with Crippen LogP contribution in [0.15, 0.2) is 35.5 Å². The smallest absolute Gasteiger partial charge is 0.348 e. The third-order valence-electron chi connectivity index (χ3n) is 6.08. The monoisotopic (exact) mass is 430 g/mol. The normalized spacial score (nSPS) is 25.2. The number of esters is 4. The van der Waals surface area contributed by atoms with Crippen LogP contribution in [-0.4, -0.2) is 35.5 Å². The SMILES string of the molecule is O=C1OC2(CCCCC2)OC(=O)C1=C/C=C/CC=C1C(=O)OC2(CCCCC2)OC1=O. The van der Waals surface area contributed by atoms with E-state index in [0.717, 1.165) is 38.5 Å². The summed E-state index contributed by atoms with van der Waals surface area (Å²) in [5, 5.41) is 0. The zero-order valence-electron chi connectivity index (χ0n) is 17.4. The van der Waals surface area contributed by atoms with Crippen LogP contribution >= 0.6 is 0 Å². The largest absolute Gasteiger partial charge is 0.419 e. The van der Waals surface area contributed by atoms with E-state index in [9.17, 15) is 19.2 Å². The van der Waals surface area contributed by atoms with E-state index in [0.29, 0.717) is 25.7 Å². The van der Waals surface area contributed by atoms with Crippen LogP contribution in [0.5, 0.6) is 0 Å². The Kier molecular flexibility index (Phi) is 5.98. The molecule has 0 unspecified atom stereocenters. The van der Waals surface area contributed by atoms with Gasteiger partial charge in [0.25, 0.3) is 11.6 Å². The fourth-order valence-corrected chi connectivity index (χ4v) is 4.42. The minimum atomic E-state index is -1.12. The van der Waals surface area contributed by atoms with Gasteiger partial charge in [0.2, 0.25) is 0 Å². The number of ether oxygens (including phenoxy) is 4. The van der Waals surface area contributed by atoms with Crippen LogP contribution < -0.4 is 0 Å². The third-order valence-corrected chi connectivity index (χ3v) is 6.08. The average Bonchev–Trinajstić information content (AvgIpc) is 2.72. The highest BCUT2D eigenvalue weighted by Crippen LogP contribution is 2.38. The maximum atomic E-state index is 12.3. The summed E-state index contributed by atoms with van der Waals surface area (Å²) in [5.74, 6) is -4.97. The number of carbonyl (C=O) groups excluding carboxylic acids is 4. The minimum absolute atomic E-state index is 0.149. The van der Waals surface area contributed by atoms with Gasteiger partial charge < -0.3 is 18.9 Å². The van der Waals surface area contributed by atoms with Gasteiger partial charge in [-0.25, -0.2) is 19.2 Å². The van der Waals surface area contributed by atoms with Crippen molar-refractivity contribution in [3.8, 4) is 0 Å². The van der Waals surface area contributed by atoms with Gasteiger partial charge in [-0.15, -0.1) is 0 Å². The van der Waals surface area contributed by atoms with E-state index in [-0.39, 0.29) is 17.6 Å². The molecule has 2 heterocycles. The molecule has 8 heteroatoms. The molecule has 0 radical (unpaired) electrons. The van der Waals surface area contributed by atoms with E-state index in [2.05, 4.69) is 0 Å². The Balaban J connectivity index is 1.34. The van der Waals surface area contributed by atoms with Crippen molar-refractivity contribution in [3.63, 3.8) is 0 Å². The molecule has 8 nitrogen and oxygen atoms in total. The van der Waals surface area contributed by atoms with Crippen molar-refractivity contribution in [3.05, 3.63) is 35.5 Å². The number of rotatable bonds is 3. The molecule has 2 saturated heterocycles. The summed E-state index contributed by atoms with van der Waals surface area (Å²) in [4.78, 5) is 49.1. The molecule has 166 valence electrons. The lowest BCUT2D eigenvalue weighted by Crippen LogP contribution is -2.47. The highest BCUT2D eigenvalue weighted by molar-refractivity contribution is 6.16. The van der Waals surface area contributed by atoms with Crippen LogP contribution in [0, 0.1) is 0 Å². The molecule has 0 N–H and O–H groups in total. The Labute approximate surface area is 180 Å². The fourth-order valence-electron chi connectivity index (χ4n) is 4.42. The molecule has 2 aliphatic heterocycles. The zero-order chi connectivity index (χ0) is 21.9. The van der Waals surface area contributed by atoms with Gasteiger partial charge in [0.1, 0.15) is 11.1 Å². The van der Waals surface area contributed by atoms with Crippen molar-refractivity contribution in [1.29, 1.82) is 0 Å². The molecule has 4 aliphatic rings. The molecule has 31 heavy (non-hydrogen) atoms. The molecule has 0 amide bonds. The summed E-state index contributed by atoms with van der Waals surface area (Å²) >= 11 is 0. The van der Waals surface area contributed by atoms with Gasteiger partial charge in [-0.2, -0.15) is 0 Å². The van der Waals surface area contributed by atoms with E-state index in [1.807, 2.05) is 0 Å². The lowest BCUT2D eigenvalue weighted by molar-refractivity contribution is -0.246. The third kappa shape index (κ3) is 4.57. The van der Waals surface area contributed by atoms with Gasteiger partial charge >= 0.3 is 23.9 Å². The maximum Gasteiger partial charge on any atom is 0.348 e. The average molecular weight is 430 g/mol.